The van der Waals surface area contributed by atoms with Crippen LogP contribution in [0.2, 0.25) is 10.0 Å². The van der Waals surface area contributed by atoms with Crippen LogP contribution in [0.25, 0.3) is 0 Å². The minimum atomic E-state index is -0.504. The Bertz CT molecular complexity index is 310. The molecule has 12 heavy (non-hydrogen) atoms. The van der Waals surface area contributed by atoms with Crippen LogP contribution in [-0.2, 0) is 4.74 Å². The van der Waals surface area contributed by atoms with Gasteiger partial charge in [-0.3, -0.25) is 0 Å². The van der Waals surface area contributed by atoms with E-state index in [0.717, 1.165) is 0 Å². The monoisotopic (exact) mass is 203 g/mol. The number of carbonyl (C=O) groups is 1. The molecule has 0 fully saturated rings. The zero-order valence-corrected chi connectivity index (χ0v) is 7.74. The van der Waals surface area contributed by atoms with Gasteiger partial charge in [0.25, 0.3) is 0 Å². The van der Waals surface area contributed by atoms with Crippen molar-refractivity contribution >= 4 is 29.2 Å². The summed E-state index contributed by atoms with van der Waals surface area (Å²) >= 11 is 11.3. The van der Waals surface area contributed by atoms with E-state index in [1.165, 1.54) is 19.2 Å². The predicted octanol–water partition coefficient (Wildman–Crippen LogP) is 2.58. The number of hydrogen-bond donors (Lipinski definition) is 0. The Balaban J connectivity index is 3.16. The molecule has 0 unspecified atom stereocenters. The molecule has 0 aliphatic heterocycles. The molecule has 63 valence electrons. The standard InChI is InChI=1S/C8H5Cl2O2/c1-12-8(11)5-3-2-4-6(9)7(5)10/h2-3H,1H3. The summed E-state index contributed by atoms with van der Waals surface area (Å²) in [5.74, 6) is -0.504. The first-order valence-corrected chi connectivity index (χ1v) is 3.86. The smallest absolute Gasteiger partial charge is 0.339 e. The van der Waals surface area contributed by atoms with Gasteiger partial charge in [-0.25, -0.2) is 4.79 Å². The molecule has 0 heterocycles. The quantitative estimate of drug-likeness (QED) is 0.657. The molecule has 2 nitrogen and oxygen atoms in total. The number of benzene rings is 1. The molecule has 0 spiro atoms. The maximum absolute atomic E-state index is 11.0. The van der Waals surface area contributed by atoms with Crippen LogP contribution in [-0.4, -0.2) is 13.1 Å². The molecule has 0 amide bonds. The Morgan fingerprint density at radius 1 is 1.58 bits per heavy atom. The van der Waals surface area contributed by atoms with Crippen LogP contribution >= 0.6 is 23.2 Å². The first-order chi connectivity index (χ1) is 5.66. The molecule has 0 aromatic heterocycles. The second kappa shape index (κ2) is 3.78. The van der Waals surface area contributed by atoms with Crippen molar-refractivity contribution in [2.45, 2.75) is 0 Å². The van der Waals surface area contributed by atoms with E-state index in [-0.39, 0.29) is 15.6 Å². The lowest BCUT2D eigenvalue weighted by atomic mass is 10.2. The van der Waals surface area contributed by atoms with E-state index < -0.39 is 5.97 Å². The Labute approximate surface area is 80.0 Å². The van der Waals surface area contributed by atoms with E-state index in [1.54, 1.807) is 0 Å². The Kier molecular flexibility index (Phi) is 2.95. The average Bonchev–Trinajstić information content (AvgIpc) is 2.08. The highest BCUT2D eigenvalue weighted by atomic mass is 35.5. The van der Waals surface area contributed by atoms with Gasteiger partial charge in [-0.05, 0) is 6.07 Å². The molecule has 0 aliphatic carbocycles. The molecule has 1 aromatic rings. The molecule has 0 N–H and O–H groups in total. The Hall–Kier alpha value is -0.730. The van der Waals surface area contributed by atoms with Crippen LogP contribution in [0, 0.1) is 6.07 Å². The second-order valence-corrected chi connectivity index (χ2v) is 2.77. The fraction of sp³-hybridized carbons (Fsp3) is 0.125. The van der Waals surface area contributed by atoms with Gasteiger partial charge in [-0.1, -0.05) is 29.3 Å². The van der Waals surface area contributed by atoms with Crippen LogP contribution in [0.1, 0.15) is 10.4 Å². The number of esters is 1. The summed E-state index contributed by atoms with van der Waals surface area (Å²) in [6.07, 6.45) is 0. The molecule has 0 atom stereocenters. The van der Waals surface area contributed by atoms with Crippen molar-refractivity contribution in [1.82, 2.24) is 0 Å². The van der Waals surface area contributed by atoms with Crippen molar-refractivity contribution in [1.29, 1.82) is 0 Å². The van der Waals surface area contributed by atoms with Crippen molar-refractivity contribution in [3.63, 3.8) is 0 Å². The van der Waals surface area contributed by atoms with Crippen LogP contribution in [0.3, 0.4) is 0 Å². The third-order valence-electron chi connectivity index (χ3n) is 1.29. The third-order valence-corrected chi connectivity index (χ3v) is 2.08. The molecule has 1 radical (unpaired) electrons. The molecular formula is C8H5Cl2O2. The Morgan fingerprint density at radius 2 is 2.25 bits per heavy atom. The van der Waals surface area contributed by atoms with Crippen LogP contribution in [0.5, 0.6) is 0 Å². The van der Waals surface area contributed by atoms with Crippen molar-refractivity contribution < 1.29 is 9.53 Å². The summed E-state index contributed by atoms with van der Waals surface area (Å²) in [7, 11) is 1.28. The Morgan fingerprint density at radius 3 is 2.83 bits per heavy atom. The van der Waals surface area contributed by atoms with Gasteiger partial charge >= 0.3 is 5.97 Å². The van der Waals surface area contributed by atoms with Gasteiger partial charge in [0.2, 0.25) is 0 Å². The lowest BCUT2D eigenvalue weighted by Crippen LogP contribution is -2.01. The first-order valence-electron chi connectivity index (χ1n) is 3.11. The summed E-state index contributed by atoms with van der Waals surface area (Å²) in [5, 5.41) is 0.394. The molecule has 0 saturated heterocycles. The van der Waals surface area contributed by atoms with Gasteiger partial charge in [0.15, 0.2) is 0 Å². The van der Waals surface area contributed by atoms with Gasteiger partial charge in [0.1, 0.15) is 0 Å². The maximum atomic E-state index is 11.0. The van der Waals surface area contributed by atoms with Crippen molar-refractivity contribution in [3.05, 3.63) is 33.8 Å². The summed E-state index contributed by atoms with van der Waals surface area (Å²) in [6, 6.07) is 5.66. The van der Waals surface area contributed by atoms with Crippen LogP contribution in [0.15, 0.2) is 12.1 Å². The van der Waals surface area contributed by atoms with E-state index in [2.05, 4.69) is 10.8 Å². The number of carbonyl (C=O) groups excluding carboxylic acids is 1. The summed E-state index contributed by atoms with van der Waals surface area (Å²) in [4.78, 5) is 11.0. The van der Waals surface area contributed by atoms with Crippen LogP contribution < -0.4 is 0 Å². The van der Waals surface area contributed by atoms with E-state index >= 15 is 0 Å². The van der Waals surface area contributed by atoms with Crippen LogP contribution in [0.4, 0.5) is 0 Å². The molecule has 1 rings (SSSR count). The third kappa shape index (κ3) is 1.71. The highest BCUT2D eigenvalue weighted by Gasteiger charge is 2.11. The lowest BCUT2D eigenvalue weighted by molar-refractivity contribution is 0.0601. The van der Waals surface area contributed by atoms with Gasteiger partial charge in [0.05, 0.1) is 22.7 Å². The van der Waals surface area contributed by atoms with E-state index in [1.807, 2.05) is 0 Å². The first kappa shape index (κ1) is 9.36. The summed E-state index contributed by atoms with van der Waals surface area (Å²) < 4.78 is 4.48. The SMILES string of the molecule is COC(=O)c1cc[c]c(Cl)c1Cl. The molecular weight excluding hydrogens is 199 g/mol. The van der Waals surface area contributed by atoms with Crippen molar-refractivity contribution in [2.24, 2.45) is 0 Å². The predicted molar refractivity (Wildman–Crippen MR) is 46.6 cm³/mol. The fourth-order valence-corrected chi connectivity index (χ4v) is 1.08. The fourth-order valence-electron chi connectivity index (χ4n) is 0.721. The number of methoxy groups -OCH3 is 1. The second-order valence-electron chi connectivity index (χ2n) is 2.01. The number of rotatable bonds is 1. The minimum Gasteiger partial charge on any atom is -0.465 e. The topological polar surface area (TPSA) is 26.3 Å². The molecule has 4 heteroatoms. The van der Waals surface area contributed by atoms with Gasteiger partial charge in [0, 0.05) is 6.07 Å². The molecule has 0 bridgehead atoms. The zero-order chi connectivity index (χ0) is 9.14. The summed E-state index contributed by atoms with van der Waals surface area (Å²) in [5.41, 5.74) is 0.253. The highest BCUT2D eigenvalue weighted by molar-refractivity contribution is 6.43. The lowest BCUT2D eigenvalue weighted by Gasteiger charge is -2.01. The van der Waals surface area contributed by atoms with Gasteiger partial charge < -0.3 is 4.74 Å². The largest absolute Gasteiger partial charge is 0.465 e. The summed E-state index contributed by atoms with van der Waals surface area (Å²) in [6.45, 7) is 0. The van der Waals surface area contributed by atoms with E-state index in [4.69, 9.17) is 23.2 Å². The van der Waals surface area contributed by atoms with Gasteiger partial charge in [-0.15, -0.1) is 0 Å². The maximum Gasteiger partial charge on any atom is 0.339 e. The van der Waals surface area contributed by atoms with E-state index in [0.29, 0.717) is 0 Å². The number of hydrogen-bond acceptors (Lipinski definition) is 2. The number of halogens is 2. The van der Waals surface area contributed by atoms with Crippen molar-refractivity contribution in [3.8, 4) is 0 Å². The van der Waals surface area contributed by atoms with Gasteiger partial charge in [-0.2, -0.15) is 0 Å². The molecule has 0 saturated carbocycles. The molecule has 1 aromatic carbocycles. The van der Waals surface area contributed by atoms with Crippen molar-refractivity contribution in [2.75, 3.05) is 7.11 Å². The van der Waals surface area contributed by atoms with E-state index in [9.17, 15) is 4.79 Å². The highest BCUT2D eigenvalue weighted by Crippen LogP contribution is 2.25. The average molecular weight is 204 g/mol. The normalized spacial score (nSPS) is 9.58. The number of ether oxygens (including phenoxy) is 1. The zero-order valence-electron chi connectivity index (χ0n) is 6.23. The minimum absolute atomic E-state index is 0.172. The molecule has 0 aliphatic rings.